The number of fused-ring (bicyclic) bond motifs is 2. The number of amides is 1. The molecule has 5 rings (SSSR count). The maximum absolute atomic E-state index is 13.1. The molecule has 0 spiro atoms. The lowest BCUT2D eigenvalue weighted by molar-refractivity contribution is 0.0628. The van der Waals surface area contributed by atoms with E-state index < -0.39 is 11.2 Å². The number of ether oxygens (including phenoxy) is 3. The molecule has 2 aliphatic rings. The van der Waals surface area contributed by atoms with E-state index in [4.69, 9.17) is 14.2 Å². The van der Waals surface area contributed by atoms with Crippen LogP contribution in [-0.4, -0.2) is 71.9 Å². The van der Waals surface area contributed by atoms with Crippen LogP contribution in [0.1, 0.15) is 29.8 Å². The number of methoxy groups -OCH3 is 1. The van der Waals surface area contributed by atoms with Gasteiger partial charge in [-0.05, 0) is 35.9 Å². The SMILES string of the molecule is CC.COCCn1c(=O)[nH]c2cc(C(=O)N3CCN(Cc4ccc5c(c4)OCO5)CC3)ccc2c1=O. The topological polar surface area (TPSA) is 106 Å². The average molecular weight is 497 g/mol. The van der Waals surface area contributed by atoms with E-state index in [1.54, 1.807) is 23.1 Å². The minimum atomic E-state index is -0.517. The van der Waals surface area contributed by atoms with Gasteiger partial charge in [0.05, 0.1) is 24.1 Å². The summed E-state index contributed by atoms with van der Waals surface area (Å²) in [6, 6.07) is 10.8. The molecule has 10 heteroatoms. The van der Waals surface area contributed by atoms with Crippen LogP contribution in [0.25, 0.3) is 10.9 Å². The van der Waals surface area contributed by atoms with Gasteiger partial charge in [0.1, 0.15) is 0 Å². The van der Waals surface area contributed by atoms with E-state index in [1.807, 2.05) is 32.0 Å². The third kappa shape index (κ3) is 5.29. The van der Waals surface area contributed by atoms with E-state index in [0.717, 1.165) is 41.3 Å². The van der Waals surface area contributed by atoms with Crippen LogP contribution in [0.3, 0.4) is 0 Å². The molecular weight excluding hydrogens is 464 g/mol. The van der Waals surface area contributed by atoms with E-state index in [1.165, 1.54) is 7.11 Å². The van der Waals surface area contributed by atoms with Gasteiger partial charge in [-0.3, -0.25) is 19.1 Å². The molecule has 36 heavy (non-hydrogen) atoms. The number of rotatable bonds is 6. The molecule has 3 aromatic rings. The molecule has 1 saturated heterocycles. The highest BCUT2D eigenvalue weighted by atomic mass is 16.7. The minimum absolute atomic E-state index is 0.117. The smallest absolute Gasteiger partial charge is 0.328 e. The molecule has 2 aromatic carbocycles. The number of hydrogen-bond acceptors (Lipinski definition) is 7. The Hall–Kier alpha value is -3.63. The Morgan fingerprint density at radius 3 is 2.50 bits per heavy atom. The quantitative estimate of drug-likeness (QED) is 0.557. The van der Waals surface area contributed by atoms with Crippen LogP contribution in [0.4, 0.5) is 0 Å². The molecule has 1 N–H and O–H groups in total. The fourth-order valence-electron chi connectivity index (χ4n) is 4.36. The Morgan fingerprint density at radius 2 is 1.75 bits per heavy atom. The number of benzene rings is 2. The predicted molar refractivity (Wildman–Crippen MR) is 136 cm³/mol. The Morgan fingerprint density at radius 1 is 1.00 bits per heavy atom. The van der Waals surface area contributed by atoms with Gasteiger partial charge in [0, 0.05) is 45.4 Å². The van der Waals surface area contributed by atoms with Gasteiger partial charge >= 0.3 is 5.69 Å². The lowest BCUT2D eigenvalue weighted by Crippen LogP contribution is -2.48. The number of piperazine rings is 1. The Kier molecular flexibility index (Phi) is 8.07. The van der Waals surface area contributed by atoms with Gasteiger partial charge in [-0.2, -0.15) is 0 Å². The number of nitrogens with zero attached hydrogens (tertiary/aromatic N) is 3. The third-order valence-electron chi connectivity index (χ3n) is 6.25. The number of carbonyl (C=O) groups excluding carboxylic acids is 1. The van der Waals surface area contributed by atoms with Crippen LogP contribution in [0.5, 0.6) is 11.5 Å². The summed E-state index contributed by atoms with van der Waals surface area (Å²) < 4.78 is 16.9. The van der Waals surface area contributed by atoms with E-state index in [-0.39, 0.29) is 25.9 Å². The molecule has 3 heterocycles. The number of aromatic amines is 1. The van der Waals surface area contributed by atoms with Gasteiger partial charge in [-0.15, -0.1) is 0 Å². The van der Waals surface area contributed by atoms with E-state index in [0.29, 0.717) is 29.6 Å². The van der Waals surface area contributed by atoms with Gasteiger partial charge in [0.25, 0.3) is 11.5 Å². The van der Waals surface area contributed by atoms with Crippen LogP contribution in [0.15, 0.2) is 46.0 Å². The van der Waals surface area contributed by atoms with E-state index >= 15 is 0 Å². The summed E-state index contributed by atoms with van der Waals surface area (Å²) in [5.74, 6) is 1.42. The summed E-state index contributed by atoms with van der Waals surface area (Å²) in [5.41, 5.74) is 1.03. The summed E-state index contributed by atoms with van der Waals surface area (Å²) in [5, 5.41) is 0.362. The number of hydrogen-bond donors (Lipinski definition) is 1. The molecule has 1 fully saturated rings. The van der Waals surface area contributed by atoms with Gasteiger partial charge in [0.2, 0.25) is 6.79 Å². The fraction of sp³-hybridized carbons (Fsp3) is 0.423. The first-order valence-electron chi connectivity index (χ1n) is 12.2. The first-order chi connectivity index (χ1) is 17.5. The third-order valence-corrected chi connectivity index (χ3v) is 6.25. The standard InChI is InChI=1S/C24H26N4O6.C2H6/c1-32-11-10-28-23(30)18-4-3-17(13-19(18)25-24(28)31)22(29)27-8-6-26(7-9-27)14-16-2-5-20-21(12-16)34-15-33-20;1-2/h2-5,12-13H,6-11,14-15H2,1H3,(H,25,31);1-2H3. The van der Waals surface area contributed by atoms with Crippen LogP contribution >= 0.6 is 0 Å². The van der Waals surface area contributed by atoms with Crippen LogP contribution in [0, 0.1) is 0 Å². The summed E-state index contributed by atoms with van der Waals surface area (Å²) in [6.07, 6.45) is 0. The molecule has 0 unspecified atom stereocenters. The van der Waals surface area contributed by atoms with Crippen LogP contribution in [0.2, 0.25) is 0 Å². The molecule has 1 aromatic heterocycles. The van der Waals surface area contributed by atoms with Crippen molar-refractivity contribution < 1.29 is 19.0 Å². The Bertz CT molecular complexity index is 1340. The highest BCUT2D eigenvalue weighted by Crippen LogP contribution is 2.32. The molecule has 0 saturated carbocycles. The van der Waals surface area contributed by atoms with Crippen molar-refractivity contribution in [2.24, 2.45) is 0 Å². The van der Waals surface area contributed by atoms with Crippen molar-refractivity contribution in [2.75, 3.05) is 46.7 Å². The zero-order valence-corrected chi connectivity index (χ0v) is 20.9. The second-order valence-corrected chi connectivity index (χ2v) is 8.40. The van der Waals surface area contributed by atoms with Gasteiger partial charge < -0.3 is 24.1 Å². The van der Waals surface area contributed by atoms with Crippen molar-refractivity contribution in [3.63, 3.8) is 0 Å². The molecule has 0 bridgehead atoms. The molecule has 1 amide bonds. The molecular formula is C26H32N4O6. The normalized spacial score (nSPS) is 15.0. The first-order valence-corrected chi connectivity index (χ1v) is 12.2. The second kappa shape index (κ2) is 11.4. The lowest BCUT2D eigenvalue weighted by Gasteiger charge is -2.34. The summed E-state index contributed by atoms with van der Waals surface area (Å²) >= 11 is 0. The molecule has 192 valence electrons. The number of H-pyrrole nitrogens is 1. The number of aromatic nitrogens is 2. The molecule has 10 nitrogen and oxygen atoms in total. The highest BCUT2D eigenvalue weighted by Gasteiger charge is 2.23. The highest BCUT2D eigenvalue weighted by molar-refractivity contribution is 5.97. The van der Waals surface area contributed by atoms with Crippen LogP contribution < -0.4 is 20.7 Å². The average Bonchev–Trinajstić information content (AvgIpc) is 3.37. The maximum Gasteiger partial charge on any atom is 0.328 e. The van der Waals surface area contributed by atoms with Gasteiger partial charge in [-0.25, -0.2) is 4.79 Å². The summed E-state index contributed by atoms with van der Waals surface area (Å²) in [6.45, 7) is 8.12. The van der Waals surface area contributed by atoms with Crippen molar-refractivity contribution in [3.8, 4) is 11.5 Å². The molecule has 0 radical (unpaired) electrons. The summed E-state index contributed by atoms with van der Waals surface area (Å²) in [4.78, 5) is 44.9. The second-order valence-electron chi connectivity index (χ2n) is 8.40. The monoisotopic (exact) mass is 496 g/mol. The maximum atomic E-state index is 13.1. The molecule has 2 aliphatic heterocycles. The number of nitrogens with one attached hydrogen (secondary N) is 1. The van der Waals surface area contributed by atoms with Crippen molar-refractivity contribution in [2.45, 2.75) is 26.9 Å². The van der Waals surface area contributed by atoms with E-state index in [9.17, 15) is 14.4 Å². The first kappa shape index (κ1) is 25.5. The fourth-order valence-corrected chi connectivity index (χ4v) is 4.36. The molecule has 0 atom stereocenters. The number of carbonyl (C=O) groups is 1. The van der Waals surface area contributed by atoms with Crippen molar-refractivity contribution in [3.05, 3.63) is 68.4 Å². The minimum Gasteiger partial charge on any atom is -0.454 e. The predicted octanol–water partition coefficient (Wildman–Crippen LogP) is 2.05. The van der Waals surface area contributed by atoms with Crippen molar-refractivity contribution >= 4 is 16.8 Å². The van der Waals surface area contributed by atoms with Crippen LogP contribution in [-0.2, 0) is 17.8 Å². The Labute approximate surface area is 209 Å². The lowest BCUT2D eigenvalue weighted by atomic mass is 10.1. The van der Waals surface area contributed by atoms with Crippen molar-refractivity contribution in [1.29, 1.82) is 0 Å². The zero-order valence-electron chi connectivity index (χ0n) is 20.9. The Balaban J connectivity index is 0.00000148. The van der Waals surface area contributed by atoms with Gasteiger partial charge in [-0.1, -0.05) is 19.9 Å². The molecule has 0 aliphatic carbocycles. The van der Waals surface area contributed by atoms with Gasteiger partial charge in [0.15, 0.2) is 11.5 Å². The largest absolute Gasteiger partial charge is 0.454 e. The summed E-state index contributed by atoms with van der Waals surface area (Å²) in [7, 11) is 1.51. The zero-order chi connectivity index (χ0) is 25.7. The van der Waals surface area contributed by atoms with Crippen molar-refractivity contribution in [1.82, 2.24) is 19.4 Å². The van der Waals surface area contributed by atoms with E-state index in [2.05, 4.69) is 9.88 Å².